The van der Waals surface area contributed by atoms with Crippen LogP contribution in [0.3, 0.4) is 0 Å². The molecule has 0 aliphatic rings. The lowest BCUT2D eigenvalue weighted by atomic mass is 9.80. The van der Waals surface area contributed by atoms with Crippen molar-refractivity contribution in [3.63, 3.8) is 0 Å². The maximum atomic E-state index is 12.3. The van der Waals surface area contributed by atoms with Crippen LogP contribution in [0.4, 0.5) is 12.9 Å². The monoisotopic (exact) mass is 222 g/mol. The minimum atomic E-state index is -4.90. The van der Waals surface area contributed by atoms with Crippen LogP contribution in [-0.4, -0.2) is 31.0 Å². The van der Waals surface area contributed by atoms with Crippen LogP contribution < -0.4 is 0 Å². The lowest BCUT2D eigenvalue weighted by Crippen LogP contribution is -2.39. The highest BCUT2D eigenvalue weighted by molar-refractivity contribution is 6.66. The Morgan fingerprint density at radius 3 is 1.93 bits per heavy atom. The van der Waals surface area contributed by atoms with Gasteiger partial charge in [-0.3, -0.25) is 4.90 Å². The van der Waals surface area contributed by atoms with Crippen LogP contribution in [0.1, 0.15) is 27.7 Å². The Kier molecular flexibility index (Phi) is 5.42. The molecule has 0 fully saturated rings. The Bertz CT molecular complexity index is 211. The second-order valence-corrected chi connectivity index (χ2v) is 4.65. The molecule has 0 aromatic carbocycles. The van der Waals surface area contributed by atoms with E-state index in [1.165, 1.54) is 0 Å². The van der Waals surface area contributed by atoms with Gasteiger partial charge in [-0.15, -0.1) is 12.1 Å². The van der Waals surface area contributed by atoms with Crippen LogP contribution in [0.15, 0.2) is 12.1 Å². The van der Waals surface area contributed by atoms with E-state index < -0.39 is 12.4 Å². The van der Waals surface area contributed by atoms with Crippen LogP contribution in [-0.2, 0) is 0 Å². The predicted octanol–water partition coefficient (Wildman–Crippen LogP) is 3.30. The zero-order valence-electron chi connectivity index (χ0n) is 9.93. The maximum absolute atomic E-state index is 12.3. The zero-order chi connectivity index (χ0) is 12.2. The molecule has 0 N–H and O–H groups in total. The fourth-order valence-corrected chi connectivity index (χ4v) is 1.29. The molecular formula is C10H20BF3N-. The number of hydrogen-bond donors (Lipinski definition) is 0. The summed E-state index contributed by atoms with van der Waals surface area (Å²) in [5, 5.41) is 0. The molecular weight excluding hydrogens is 202 g/mol. The Morgan fingerprint density at radius 1 is 1.20 bits per heavy atom. The molecule has 5 heteroatoms. The topological polar surface area (TPSA) is 3.24 Å². The van der Waals surface area contributed by atoms with Crippen LogP contribution >= 0.6 is 0 Å². The number of halogens is 3. The lowest BCUT2D eigenvalue weighted by Gasteiger charge is -2.32. The molecule has 15 heavy (non-hydrogen) atoms. The third-order valence-electron chi connectivity index (χ3n) is 2.20. The molecule has 0 bridgehead atoms. The van der Waals surface area contributed by atoms with Crippen molar-refractivity contribution in [1.82, 2.24) is 4.90 Å². The molecule has 0 heterocycles. The summed E-state index contributed by atoms with van der Waals surface area (Å²) in [7, 11) is 0. The largest absolute Gasteiger partial charge is 0.506 e. The van der Waals surface area contributed by atoms with Crippen molar-refractivity contribution in [2.24, 2.45) is 5.92 Å². The van der Waals surface area contributed by atoms with Crippen molar-refractivity contribution < 1.29 is 12.9 Å². The van der Waals surface area contributed by atoms with Crippen molar-refractivity contribution >= 4 is 6.98 Å². The van der Waals surface area contributed by atoms with E-state index in [9.17, 15) is 12.9 Å². The fourth-order valence-electron chi connectivity index (χ4n) is 1.29. The van der Waals surface area contributed by atoms with Crippen LogP contribution in [0.2, 0.25) is 0 Å². The molecule has 0 rings (SSSR count). The van der Waals surface area contributed by atoms with Crippen molar-refractivity contribution in [2.45, 2.75) is 33.7 Å². The molecule has 90 valence electrons. The van der Waals surface area contributed by atoms with Crippen LogP contribution in [0.5, 0.6) is 0 Å². The first-order chi connectivity index (χ1) is 6.64. The van der Waals surface area contributed by atoms with E-state index in [4.69, 9.17) is 0 Å². The Labute approximate surface area is 90.4 Å². The second kappa shape index (κ2) is 5.59. The molecule has 0 aliphatic carbocycles. The zero-order valence-corrected chi connectivity index (χ0v) is 9.93. The average molecular weight is 222 g/mol. The normalized spacial score (nSPS) is 12.9. The molecule has 0 saturated heterocycles. The molecule has 0 aromatic rings. The molecule has 0 aromatic heterocycles. The average Bonchev–Trinajstić information content (AvgIpc) is 1.99. The van der Waals surface area contributed by atoms with E-state index in [2.05, 4.69) is 6.58 Å². The van der Waals surface area contributed by atoms with Gasteiger partial charge in [0, 0.05) is 12.6 Å². The van der Waals surface area contributed by atoms with Crippen LogP contribution in [0, 0.1) is 5.92 Å². The molecule has 0 spiro atoms. The molecule has 0 saturated carbocycles. The Hall–Kier alpha value is -0.445. The number of nitrogens with zero attached hydrogens (tertiary/aromatic N) is 1. The van der Waals surface area contributed by atoms with E-state index in [-0.39, 0.29) is 12.6 Å². The van der Waals surface area contributed by atoms with Gasteiger partial charge in [0.1, 0.15) is 0 Å². The highest BCUT2D eigenvalue weighted by atomic mass is 19.4. The van der Waals surface area contributed by atoms with Gasteiger partial charge < -0.3 is 12.9 Å². The minimum absolute atomic E-state index is 0.0701. The van der Waals surface area contributed by atoms with E-state index in [1.807, 2.05) is 32.6 Å². The fraction of sp³-hybridized carbons (Fsp3) is 0.800. The molecule has 0 aliphatic heterocycles. The smallest absolute Gasteiger partial charge is 0.445 e. The Morgan fingerprint density at radius 2 is 1.67 bits per heavy atom. The molecule has 0 unspecified atom stereocenters. The summed E-state index contributed by atoms with van der Waals surface area (Å²) in [6, 6.07) is 0.113. The minimum Gasteiger partial charge on any atom is -0.445 e. The highest BCUT2D eigenvalue weighted by Crippen LogP contribution is 2.20. The van der Waals surface area contributed by atoms with Gasteiger partial charge in [0.05, 0.1) is 0 Å². The van der Waals surface area contributed by atoms with Gasteiger partial charge in [0.25, 0.3) is 0 Å². The summed E-state index contributed by atoms with van der Waals surface area (Å²) in [6.07, 6.45) is 0. The number of hydrogen-bond acceptors (Lipinski definition) is 1. The van der Waals surface area contributed by atoms with E-state index in [1.54, 1.807) is 0 Å². The second-order valence-electron chi connectivity index (χ2n) is 4.65. The maximum Gasteiger partial charge on any atom is 0.506 e. The summed E-state index contributed by atoms with van der Waals surface area (Å²) in [4.78, 5) is 1.81. The van der Waals surface area contributed by atoms with Crippen LogP contribution in [0.25, 0.3) is 0 Å². The van der Waals surface area contributed by atoms with Gasteiger partial charge in [-0.1, -0.05) is 13.8 Å². The van der Waals surface area contributed by atoms with Gasteiger partial charge >= 0.3 is 6.98 Å². The predicted molar refractivity (Wildman–Crippen MR) is 59.8 cm³/mol. The van der Waals surface area contributed by atoms with Gasteiger partial charge in [-0.2, -0.15) is 0 Å². The summed E-state index contributed by atoms with van der Waals surface area (Å²) in [6.45, 7) is 6.62. The first-order valence-electron chi connectivity index (χ1n) is 5.26. The van der Waals surface area contributed by atoms with Gasteiger partial charge in [-0.25, -0.2) is 0 Å². The number of rotatable bonds is 6. The van der Waals surface area contributed by atoms with E-state index >= 15 is 0 Å². The third kappa shape index (κ3) is 5.87. The summed E-state index contributed by atoms with van der Waals surface area (Å²) in [5.41, 5.74) is -0.607. The Balaban J connectivity index is 4.36. The van der Waals surface area contributed by atoms with E-state index in [0.717, 1.165) is 0 Å². The van der Waals surface area contributed by atoms with Gasteiger partial charge in [-0.05, 0) is 26.3 Å². The summed E-state index contributed by atoms with van der Waals surface area (Å²) in [5.74, 6) is 0.362. The molecule has 0 radical (unpaired) electrons. The molecule has 0 amide bonds. The summed E-state index contributed by atoms with van der Waals surface area (Å²) >= 11 is 0. The first-order valence-corrected chi connectivity index (χ1v) is 5.26. The highest BCUT2D eigenvalue weighted by Gasteiger charge is 2.28. The third-order valence-corrected chi connectivity index (χ3v) is 2.20. The van der Waals surface area contributed by atoms with Gasteiger partial charge in [0.15, 0.2) is 0 Å². The van der Waals surface area contributed by atoms with E-state index in [0.29, 0.717) is 12.5 Å². The SMILES string of the molecule is C=C(CN(CC(C)C)C(C)C)[B-](F)(F)F. The van der Waals surface area contributed by atoms with Crippen molar-refractivity contribution in [2.75, 3.05) is 13.1 Å². The molecule has 0 atom stereocenters. The standard InChI is InChI=1S/C10H20BF3N/c1-8(2)6-15(9(3)4)7-10(5)11(12,13)14/h8-9H,5-7H2,1-4H3/q-1. The lowest BCUT2D eigenvalue weighted by molar-refractivity contribution is 0.214. The van der Waals surface area contributed by atoms with Crippen molar-refractivity contribution in [3.05, 3.63) is 12.1 Å². The first kappa shape index (κ1) is 14.6. The quantitative estimate of drug-likeness (QED) is 0.623. The molecule has 1 nitrogen and oxygen atoms in total. The van der Waals surface area contributed by atoms with Crippen molar-refractivity contribution in [1.29, 1.82) is 0 Å². The summed E-state index contributed by atoms with van der Waals surface area (Å²) < 4.78 is 37.0. The van der Waals surface area contributed by atoms with Crippen molar-refractivity contribution in [3.8, 4) is 0 Å². The van der Waals surface area contributed by atoms with Gasteiger partial charge in [0.2, 0.25) is 0 Å².